The summed E-state index contributed by atoms with van der Waals surface area (Å²) >= 11 is 0. The van der Waals surface area contributed by atoms with E-state index in [0.717, 1.165) is 35.3 Å². The lowest BCUT2D eigenvalue weighted by Gasteiger charge is -2.24. The summed E-state index contributed by atoms with van der Waals surface area (Å²) in [6.45, 7) is 2.97. The van der Waals surface area contributed by atoms with Crippen LogP contribution >= 0.6 is 0 Å². The summed E-state index contributed by atoms with van der Waals surface area (Å²) in [6, 6.07) is 15.0. The Balaban J connectivity index is 1.59. The molecule has 3 aromatic rings. The number of benzene rings is 2. The quantitative estimate of drug-likeness (QED) is 0.684. The largest absolute Gasteiger partial charge is 0.392 e. The molecule has 0 saturated heterocycles. The number of para-hydroxylation sites is 1. The summed E-state index contributed by atoms with van der Waals surface area (Å²) < 4.78 is 1.83. The van der Waals surface area contributed by atoms with E-state index in [4.69, 9.17) is 0 Å². The summed E-state index contributed by atoms with van der Waals surface area (Å²) in [5.41, 5.74) is 6.65. The number of aliphatic hydroxyl groups is 1. The fraction of sp³-hybridized carbons (Fsp3) is 0.348. The third-order valence-electron chi connectivity index (χ3n) is 6.11. The van der Waals surface area contributed by atoms with Gasteiger partial charge in [-0.1, -0.05) is 35.6 Å². The second-order valence-corrected chi connectivity index (χ2v) is 8.10. The third kappa shape index (κ3) is 3.25. The van der Waals surface area contributed by atoms with Crippen LogP contribution < -0.4 is 5.32 Å². The molecule has 2 aliphatic rings. The highest BCUT2D eigenvalue weighted by Gasteiger charge is 2.37. The molecule has 3 atom stereocenters. The van der Waals surface area contributed by atoms with Gasteiger partial charge in [0.15, 0.2) is 0 Å². The number of hydrogen-bond acceptors (Lipinski definition) is 6. The lowest BCUT2D eigenvalue weighted by Crippen LogP contribution is -2.25. The zero-order chi connectivity index (χ0) is 20.7. The molecule has 0 saturated carbocycles. The zero-order valence-corrected chi connectivity index (χ0v) is 17.2. The van der Waals surface area contributed by atoms with E-state index < -0.39 is 0 Å². The van der Waals surface area contributed by atoms with Gasteiger partial charge in [0.05, 0.1) is 30.9 Å². The summed E-state index contributed by atoms with van der Waals surface area (Å²) in [4.78, 5) is 0. The van der Waals surface area contributed by atoms with Gasteiger partial charge in [-0.05, 0) is 42.2 Å². The molecule has 2 aromatic carbocycles. The van der Waals surface area contributed by atoms with Crippen LogP contribution in [0, 0.1) is 0 Å². The number of nitrogens with one attached hydrogen (secondary N) is 1. The Morgan fingerprint density at radius 1 is 1.13 bits per heavy atom. The maximum Gasteiger partial charge on any atom is 0.0979 e. The van der Waals surface area contributed by atoms with E-state index in [2.05, 4.69) is 50.9 Å². The third-order valence-corrected chi connectivity index (χ3v) is 6.11. The molecule has 0 radical (unpaired) electrons. The first-order valence-electron chi connectivity index (χ1n) is 10.4. The molecule has 3 unspecified atom stereocenters. The van der Waals surface area contributed by atoms with Gasteiger partial charge in [0, 0.05) is 36.6 Å². The van der Waals surface area contributed by atoms with Gasteiger partial charge in [-0.15, -0.1) is 0 Å². The van der Waals surface area contributed by atoms with Crippen molar-refractivity contribution in [1.29, 1.82) is 0 Å². The van der Waals surface area contributed by atoms with Crippen LogP contribution in [0.5, 0.6) is 0 Å². The number of aryl methyl sites for hydroxylation is 1. The van der Waals surface area contributed by atoms with E-state index in [1.807, 2.05) is 48.4 Å². The standard InChI is InChI=1S/C23H26N6O/c1-15-23-19-8-7-16(18-12-24-28(2)13-18)11-20(19)22(9-10-29(23)27-26-15)25-21-6-4-3-5-17(21)14-30/h3-8,11-13,15,22-23,25,30H,9-10,14H2,1-2H3. The Bertz CT molecular complexity index is 1090. The molecule has 2 N–H and O–H groups in total. The first kappa shape index (κ1) is 18.8. The second kappa shape index (κ2) is 7.57. The van der Waals surface area contributed by atoms with Gasteiger partial charge in [-0.2, -0.15) is 10.2 Å². The first-order valence-corrected chi connectivity index (χ1v) is 10.4. The summed E-state index contributed by atoms with van der Waals surface area (Å²) in [6.07, 6.45) is 4.83. The lowest BCUT2D eigenvalue weighted by molar-refractivity contribution is 0.227. The Labute approximate surface area is 176 Å². The van der Waals surface area contributed by atoms with Gasteiger partial charge >= 0.3 is 0 Å². The van der Waals surface area contributed by atoms with E-state index >= 15 is 0 Å². The van der Waals surface area contributed by atoms with Gasteiger partial charge in [0.1, 0.15) is 0 Å². The van der Waals surface area contributed by atoms with Crippen LogP contribution in [0.15, 0.2) is 65.2 Å². The Hall–Kier alpha value is -3.19. The fourth-order valence-electron chi connectivity index (χ4n) is 4.57. The molecule has 0 amide bonds. The topological polar surface area (TPSA) is 78.0 Å². The van der Waals surface area contributed by atoms with E-state index in [1.165, 1.54) is 11.1 Å². The van der Waals surface area contributed by atoms with Crippen molar-refractivity contribution in [3.63, 3.8) is 0 Å². The van der Waals surface area contributed by atoms with E-state index in [0.29, 0.717) is 0 Å². The Kier molecular flexibility index (Phi) is 4.75. The van der Waals surface area contributed by atoms with Crippen LogP contribution in [0.25, 0.3) is 11.1 Å². The number of hydrogen-bond donors (Lipinski definition) is 2. The molecule has 0 fully saturated rings. The second-order valence-electron chi connectivity index (χ2n) is 8.10. The highest BCUT2D eigenvalue weighted by Crippen LogP contribution is 2.42. The molecular formula is C23H26N6O. The van der Waals surface area contributed by atoms with Crippen LogP contribution in [-0.2, 0) is 13.7 Å². The van der Waals surface area contributed by atoms with Crippen molar-refractivity contribution < 1.29 is 5.11 Å². The summed E-state index contributed by atoms with van der Waals surface area (Å²) in [5, 5.41) is 28.8. The van der Waals surface area contributed by atoms with Crippen LogP contribution in [-0.4, -0.2) is 32.5 Å². The van der Waals surface area contributed by atoms with Crippen LogP contribution in [0.4, 0.5) is 5.69 Å². The maximum absolute atomic E-state index is 9.77. The lowest BCUT2D eigenvalue weighted by atomic mass is 9.90. The summed E-state index contributed by atoms with van der Waals surface area (Å²) in [5.74, 6) is 0. The Morgan fingerprint density at radius 2 is 2.00 bits per heavy atom. The van der Waals surface area contributed by atoms with Gasteiger partial charge in [-0.3, -0.25) is 9.69 Å². The van der Waals surface area contributed by atoms with Crippen molar-refractivity contribution in [2.24, 2.45) is 17.4 Å². The number of aromatic nitrogens is 2. The molecule has 1 aromatic heterocycles. The molecule has 2 aliphatic heterocycles. The molecule has 0 bridgehead atoms. The average Bonchev–Trinajstić information content (AvgIpc) is 3.32. The molecule has 5 rings (SSSR count). The maximum atomic E-state index is 9.77. The van der Waals surface area contributed by atoms with E-state index in [1.54, 1.807) is 0 Å². The number of nitrogens with zero attached hydrogens (tertiary/aromatic N) is 5. The van der Waals surface area contributed by atoms with Crippen molar-refractivity contribution in [3.05, 3.63) is 71.5 Å². The Morgan fingerprint density at radius 3 is 2.80 bits per heavy atom. The summed E-state index contributed by atoms with van der Waals surface area (Å²) in [7, 11) is 1.93. The SMILES string of the molecule is CC1N=NN2CCC(Nc3ccccc3CO)c3cc(-c4cnn(C)c4)ccc3C12. The van der Waals surface area contributed by atoms with Crippen molar-refractivity contribution >= 4 is 5.69 Å². The smallest absolute Gasteiger partial charge is 0.0979 e. The van der Waals surface area contributed by atoms with Crippen LogP contribution in [0.1, 0.15) is 42.1 Å². The minimum absolute atomic E-state index is 0.0124. The average molecular weight is 403 g/mol. The van der Waals surface area contributed by atoms with Crippen molar-refractivity contribution in [1.82, 2.24) is 14.8 Å². The van der Waals surface area contributed by atoms with Crippen molar-refractivity contribution in [3.8, 4) is 11.1 Å². The highest BCUT2D eigenvalue weighted by atomic mass is 16.3. The van der Waals surface area contributed by atoms with Gasteiger partial charge in [0.2, 0.25) is 0 Å². The van der Waals surface area contributed by atoms with Crippen molar-refractivity contribution in [2.45, 2.75) is 38.1 Å². The minimum Gasteiger partial charge on any atom is -0.392 e. The molecule has 0 spiro atoms. The van der Waals surface area contributed by atoms with E-state index in [9.17, 15) is 5.11 Å². The first-order chi connectivity index (χ1) is 14.6. The number of rotatable bonds is 4. The van der Waals surface area contributed by atoms with Gasteiger partial charge < -0.3 is 10.4 Å². The normalized spacial score (nSPS) is 22.5. The molecule has 7 heteroatoms. The number of fused-ring (bicyclic) bond motifs is 3. The predicted octanol–water partition coefficient (Wildman–Crippen LogP) is 4.25. The molecule has 0 aliphatic carbocycles. The van der Waals surface area contributed by atoms with Gasteiger partial charge in [0.25, 0.3) is 0 Å². The monoisotopic (exact) mass is 402 g/mol. The van der Waals surface area contributed by atoms with Crippen LogP contribution in [0.2, 0.25) is 0 Å². The number of aliphatic hydroxyl groups excluding tert-OH is 1. The molecular weight excluding hydrogens is 376 g/mol. The molecule has 3 heterocycles. The zero-order valence-electron chi connectivity index (χ0n) is 17.2. The van der Waals surface area contributed by atoms with Gasteiger partial charge in [-0.25, -0.2) is 0 Å². The molecule has 7 nitrogen and oxygen atoms in total. The predicted molar refractivity (Wildman–Crippen MR) is 116 cm³/mol. The van der Waals surface area contributed by atoms with Crippen molar-refractivity contribution in [2.75, 3.05) is 11.9 Å². The van der Waals surface area contributed by atoms with Crippen LogP contribution in [0.3, 0.4) is 0 Å². The van der Waals surface area contributed by atoms with E-state index in [-0.39, 0.29) is 24.7 Å². The highest BCUT2D eigenvalue weighted by molar-refractivity contribution is 5.65. The minimum atomic E-state index is 0.0124. The fourth-order valence-corrected chi connectivity index (χ4v) is 4.57. The molecule has 154 valence electrons. The molecule has 30 heavy (non-hydrogen) atoms. The number of anilines is 1.